The molecule has 0 spiro atoms. The Kier molecular flexibility index (Phi) is 7.88. The minimum atomic E-state index is 0.276. The van der Waals surface area contributed by atoms with Gasteiger partial charge in [0.1, 0.15) is 16.9 Å². The monoisotopic (exact) mass is 480 g/mol. The number of nitrogens with one attached hydrogen (secondary N) is 2. The SMILES string of the molecule is Cc1cc(OC2CCN(C)CC2)ccc1Nc1ncc(Cl)c(Nc2ccccc2CN(C)C)n1. The third-order valence-corrected chi connectivity index (χ3v) is 6.19. The van der Waals surface area contributed by atoms with Gasteiger partial charge in [-0.2, -0.15) is 4.98 Å². The molecule has 7 nitrogen and oxygen atoms in total. The van der Waals surface area contributed by atoms with Crippen LogP contribution in [0, 0.1) is 6.92 Å². The van der Waals surface area contributed by atoms with Crippen molar-refractivity contribution in [2.45, 2.75) is 32.4 Å². The molecular formula is C26H33ClN6O. The maximum absolute atomic E-state index is 6.42. The summed E-state index contributed by atoms with van der Waals surface area (Å²) in [6.45, 7) is 5.01. The van der Waals surface area contributed by atoms with E-state index in [1.165, 1.54) is 0 Å². The molecule has 2 aromatic carbocycles. The Bertz CT molecular complexity index is 1110. The Hall–Kier alpha value is -2.87. The molecule has 34 heavy (non-hydrogen) atoms. The normalized spacial score (nSPS) is 14.9. The van der Waals surface area contributed by atoms with Crippen molar-refractivity contribution in [1.29, 1.82) is 0 Å². The van der Waals surface area contributed by atoms with Gasteiger partial charge in [0.05, 0.1) is 6.20 Å². The van der Waals surface area contributed by atoms with Crippen LogP contribution in [-0.2, 0) is 6.54 Å². The maximum Gasteiger partial charge on any atom is 0.229 e. The molecule has 3 aromatic rings. The maximum atomic E-state index is 6.42. The third-order valence-electron chi connectivity index (χ3n) is 5.91. The molecule has 0 atom stereocenters. The van der Waals surface area contributed by atoms with Crippen LogP contribution in [0.3, 0.4) is 0 Å². The Labute approximate surface area is 207 Å². The van der Waals surface area contributed by atoms with Gasteiger partial charge in [0.2, 0.25) is 5.95 Å². The van der Waals surface area contributed by atoms with Crippen molar-refractivity contribution in [2.24, 2.45) is 0 Å². The van der Waals surface area contributed by atoms with Gasteiger partial charge in [-0.1, -0.05) is 29.8 Å². The molecule has 0 amide bonds. The summed E-state index contributed by atoms with van der Waals surface area (Å²) in [5.41, 5.74) is 4.12. The third kappa shape index (κ3) is 6.38. The number of likely N-dealkylation sites (tertiary alicyclic amines) is 1. The zero-order chi connectivity index (χ0) is 24.1. The highest BCUT2D eigenvalue weighted by molar-refractivity contribution is 6.32. The van der Waals surface area contributed by atoms with E-state index >= 15 is 0 Å². The van der Waals surface area contributed by atoms with Crippen molar-refractivity contribution < 1.29 is 4.74 Å². The van der Waals surface area contributed by atoms with Crippen molar-refractivity contribution in [2.75, 3.05) is 44.9 Å². The molecule has 0 bridgehead atoms. The molecule has 0 radical (unpaired) electrons. The van der Waals surface area contributed by atoms with Crippen LogP contribution >= 0.6 is 11.6 Å². The van der Waals surface area contributed by atoms with E-state index in [-0.39, 0.29) is 6.10 Å². The van der Waals surface area contributed by atoms with Gasteiger partial charge in [-0.05, 0) is 76.3 Å². The van der Waals surface area contributed by atoms with Crippen LogP contribution < -0.4 is 15.4 Å². The first-order chi connectivity index (χ1) is 16.4. The quantitative estimate of drug-likeness (QED) is 0.443. The number of benzene rings is 2. The summed E-state index contributed by atoms with van der Waals surface area (Å²) < 4.78 is 6.21. The largest absolute Gasteiger partial charge is 0.490 e. The fourth-order valence-electron chi connectivity index (χ4n) is 4.03. The minimum absolute atomic E-state index is 0.276. The van der Waals surface area contributed by atoms with E-state index < -0.39 is 0 Å². The Morgan fingerprint density at radius 1 is 1.09 bits per heavy atom. The van der Waals surface area contributed by atoms with E-state index in [1.807, 2.05) is 44.4 Å². The second-order valence-electron chi connectivity index (χ2n) is 9.13. The molecule has 1 aromatic heterocycles. The number of hydrogen-bond acceptors (Lipinski definition) is 7. The van der Waals surface area contributed by atoms with Crippen LogP contribution in [0.1, 0.15) is 24.0 Å². The number of anilines is 4. The summed E-state index contributed by atoms with van der Waals surface area (Å²) in [6.07, 6.45) is 4.00. The lowest BCUT2D eigenvalue weighted by molar-refractivity contribution is 0.114. The molecule has 180 valence electrons. The van der Waals surface area contributed by atoms with Crippen LogP contribution in [0.4, 0.5) is 23.1 Å². The Morgan fingerprint density at radius 2 is 1.85 bits per heavy atom. The van der Waals surface area contributed by atoms with E-state index in [0.717, 1.165) is 60.7 Å². The van der Waals surface area contributed by atoms with Crippen molar-refractivity contribution in [3.63, 3.8) is 0 Å². The molecule has 1 saturated heterocycles. The van der Waals surface area contributed by atoms with Gasteiger partial charge in [-0.15, -0.1) is 0 Å². The van der Waals surface area contributed by atoms with Gasteiger partial charge in [-0.3, -0.25) is 0 Å². The molecule has 4 rings (SSSR count). The summed E-state index contributed by atoms with van der Waals surface area (Å²) in [5.74, 6) is 1.93. The molecule has 2 heterocycles. The number of rotatable bonds is 8. The summed E-state index contributed by atoms with van der Waals surface area (Å²) >= 11 is 6.42. The van der Waals surface area contributed by atoms with Gasteiger partial charge in [0.25, 0.3) is 0 Å². The zero-order valence-electron chi connectivity index (χ0n) is 20.3. The number of hydrogen-bond donors (Lipinski definition) is 2. The predicted molar refractivity (Wildman–Crippen MR) is 140 cm³/mol. The molecule has 2 N–H and O–H groups in total. The first-order valence-corrected chi connectivity index (χ1v) is 12.0. The first-order valence-electron chi connectivity index (χ1n) is 11.6. The zero-order valence-corrected chi connectivity index (χ0v) is 21.1. The summed E-state index contributed by atoms with van der Waals surface area (Å²) in [6, 6.07) is 14.2. The second-order valence-corrected chi connectivity index (χ2v) is 9.54. The Morgan fingerprint density at radius 3 is 2.59 bits per heavy atom. The van der Waals surface area contributed by atoms with Crippen molar-refractivity contribution >= 4 is 34.7 Å². The van der Waals surface area contributed by atoms with E-state index in [0.29, 0.717) is 16.8 Å². The van der Waals surface area contributed by atoms with Crippen molar-refractivity contribution in [1.82, 2.24) is 19.8 Å². The number of para-hydroxylation sites is 1. The van der Waals surface area contributed by atoms with E-state index in [4.69, 9.17) is 16.3 Å². The fourth-order valence-corrected chi connectivity index (χ4v) is 4.17. The first kappa shape index (κ1) is 24.3. The lowest BCUT2D eigenvalue weighted by Crippen LogP contribution is -2.35. The average Bonchev–Trinajstić information content (AvgIpc) is 2.80. The molecule has 0 saturated carbocycles. The molecule has 1 fully saturated rings. The summed E-state index contributed by atoms with van der Waals surface area (Å²) in [4.78, 5) is 13.5. The topological polar surface area (TPSA) is 65.6 Å². The molecule has 1 aliphatic rings. The van der Waals surface area contributed by atoms with E-state index in [9.17, 15) is 0 Å². The molecule has 0 aliphatic carbocycles. The van der Waals surface area contributed by atoms with Gasteiger partial charge in [-0.25, -0.2) is 4.98 Å². The second kappa shape index (κ2) is 11.0. The number of aromatic nitrogens is 2. The smallest absolute Gasteiger partial charge is 0.229 e. The highest BCUT2D eigenvalue weighted by Gasteiger charge is 2.18. The number of piperidine rings is 1. The molecule has 0 unspecified atom stereocenters. The van der Waals surface area contributed by atoms with Gasteiger partial charge in [0.15, 0.2) is 5.82 Å². The lowest BCUT2D eigenvalue weighted by Gasteiger charge is -2.29. The lowest BCUT2D eigenvalue weighted by atomic mass is 10.1. The number of nitrogens with zero attached hydrogens (tertiary/aromatic N) is 4. The van der Waals surface area contributed by atoms with Crippen molar-refractivity contribution in [3.05, 3.63) is 64.8 Å². The number of aryl methyl sites for hydroxylation is 1. The van der Waals surface area contributed by atoms with Crippen LogP contribution in [0.25, 0.3) is 0 Å². The fraction of sp³-hybridized carbons (Fsp3) is 0.385. The van der Waals surface area contributed by atoms with Crippen LogP contribution in [-0.4, -0.2) is 60.1 Å². The van der Waals surface area contributed by atoms with Crippen LogP contribution in [0.2, 0.25) is 5.02 Å². The van der Waals surface area contributed by atoms with Gasteiger partial charge >= 0.3 is 0 Å². The van der Waals surface area contributed by atoms with Crippen molar-refractivity contribution in [3.8, 4) is 5.75 Å². The predicted octanol–water partition coefficient (Wildman–Crippen LogP) is 5.46. The van der Waals surface area contributed by atoms with Crippen LogP contribution in [0.15, 0.2) is 48.7 Å². The van der Waals surface area contributed by atoms with Crippen LogP contribution in [0.5, 0.6) is 5.75 Å². The summed E-state index contributed by atoms with van der Waals surface area (Å²) in [5, 5.41) is 7.15. The standard InChI is InChI=1S/C26H33ClN6O/c1-18-15-21(34-20-11-13-33(4)14-12-20)9-10-23(18)30-26-28-16-22(27)25(31-26)29-24-8-6-5-7-19(24)17-32(2)3/h5-10,15-16,20H,11-14,17H2,1-4H3,(H2,28,29,30,31). The van der Waals surface area contributed by atoms with E-state index in [2.05, 4.69) is 56.5 Å². The Balaban J connectivity index is 1.46. The molecule has 1 aliphatic heterocycles. The highest BCUT2D eigenvalue weighted by atomic mass is 35.5. The minimum Gasteiger partial charge on any atom is -0.490 e. The highest BCUT2D eigenvalue weighted by Crippen LogP contribution is 2.29. The molecular weight excluding hydrogens is 448 g/mol. The van der Waals surface area contributed by atoms with Gasteiger partial charge in [0, 0.05) is 31.0 Å². The average molecular weight is 481 g/mol. The van der Waals surface area contributed by atoms with Gasteiger partial charge < -0.3 is 25.2 Å². The molecule has 8 heteroatoms. The van der Waals surface area contributed by atoms with E-state index in [1.54, 1.807) is 6.20 Å². The summed E-state index contributed by atoms with van der Waals surface area (Å²) in [7, 11) is 6.24. The number of halogens is 1. The number of ether oxygens (including phenoxy) is 1.